The molecule has 2 aliphatic heterocycles. The molecule has 128 valence electrons. The predicted octanol–water partition coefficient (Wildman–Crippen LogP) is 3.80. The van der Waals surface area contributed by atoms with Crippen molar-refractivity contribution >= 4 is 6.09 Å². The van der Waals surface area contributed by atoms with Crippen molar-refractivity contribution in [2.24, 2.45) is 11.8 Å². The van der Waals surface area contributed by atoms with Crippen LogP contribution in [0.1, 0.15) is 65.7 Å². The summed E-state index contributed by atoms with van der Waals surface area (Å²) in [5.41, 5.74) is -0.390. The average molecular weight is 310 g/mol. The molecule has 2 aliphatic rings. The molecule has 0 aromatic heterocycles. The molecule has 4 nitrogen and oxygen atoms in total. The van der Waals surface area contributed by atoms with Gasteiger partial charge >= 0.3 is 6.09 Å². The van der Waals surface area contributed by atoms with Gasteiger partial charge in [-0.05, 0) is 77.8 Å². The lowest BCUT2D eigenvalue weighted by molar-refractivity contribution is 0.0160. The summed E-state index contributed by atoms with van der Waals surface area (Å²) in [6.07, 6.45) is 8.90. The van der Waals surface area contributed by atoms with Gasteiger partial charge < -0.3 is 15.0 Å². The molecule has 1 amide bonds. The minimum Gasteiger partial charge on any atom is -0.444 e. The monoisotopic (exact) mass is 310 g/mol. The maximum absolute atomic E-state index is 12.2. The van der Waals surface area contributed by atoms with Crippen molar-refractivity contribution < 1.29 is 9.53 Å². The van der Waals surface area contributed by atoms with Crippen LogP contribution in [0, 0.1) is 11.8 Å². The number of rotatable bonds is 4. The van der Waals surface area contributed by atoms with E-state index >= 15 is 0 Å². The largest absolute Gasteiger partial charge is 0.444 e. The Labute approximate surface area is 136 Å². The van der Waals surface area contributed by atoms with Crippen molar-refractivity contribution in [3.05, 3.63) is 0 Å². The third kappa shape index (κ3) is 6.15. The molecular weight excluding hydrogens is 276 g/mol. The van der Waals surface area contributed by atoms with E-state index in [4.69, 9.17) is 4.74 Å². The van der Waals surface area contributed by atoms with E-state index < -0.39 is 0 Å². The predicted molar refractivity (Wildman–Crippen MR) is 90.0 cm³/mol. The van der Waals surface area contributed by atoms with Gasteiger partial charge in [0, 0.05) is 13.1 Å². The van der Waals surface area contributed by atoms with E-state index in [1.807, 2.05) is 25.7 Å². The van der Waals surface area contributed by atoms with E-state index in [0.29, 0.717) is 5.92 Å². The fourth-order valence-electron chi connectivity index (χ4n) is 3.66. The number of amides is 1. The van der Waals surface area contributed by atoms with Gasteiger partial charge in [-0.3, -0.25) is 0 Å². The molecule has 2 saturated heterocycles. The molecule has 0 saturated carbocycles. The van der Waals surface area contributed by atoms with Crippen molar-refractivity contribution in [1.82, 2.24) is 10.2 Å². The summed E-state index contributed by atoms with van der Waals surface area (Å²) in [6, 6.07) is 0. The van der Waals surface area contributed by atoms with Crippen LogP contribution in [0.4, 0.5) is 4.79 Å². The van der Waals surface area contributed by atoms with Crippen molar-refractivity contribution in [3.8, 4) is 0 Å². The number of nitrogens with one attached hydrogen (secondary N) is 1. The summed E-state index contributed by atoms with van der Waals surface area (Å²) >= 11 is 0. The number of nitrogens with zero attached hydrogens (tertiary/aromatic N) is 1. The number of ether oxygens (including phenoxy) is 1. The van der Waals surface area contributed by atoms with Gasteiger partial charge in [0.05, 0.1) is 0 Å². The summed E-state index contributed by atoms with van der Waals surface area (Å²) in [4.78, 5) is 14.1. The molecule has 0 aromatic carbocycles. The van der Waals surface area contributed by atoms with Gasteiger partial charge in [0.1, 0.15) is 5.60 Å². The first-order valence-corrected chi connectivity index (χ1v) is 9.13. The van der Waals surface area contributed by atoms with Crippen LogP contribution in [0.15, 0.2) is 0 Å². The quantitative estimate of drug-likeness (QED) is 0.858. The Balaban J connectivity index is 1.67. The molecule has 0 radical (unpaired) electrons. The third-order valence-electron chi connectivity index (χ3n) is 4.85. The Hall–Kier alpha value is -0.770. The van der Waals surface area contributed by atoms with Crippen molar-refractivity contribution in [3.63, 3.8) is 0 Å². The smallest absolute Gasteiger partial charge is 0.410 e. The molecule has 0 bridgehead atoms. The van der Waals surface area contributed by atoms with Crippen LogP contribution in [-0.4, -0.2) is 42.8 Å². The van der Waals surface area contributed by atoms with Gasteiger partial charge in [-0.1, -0.05) is 12.8 Å². The number of carbonyl (C=O) groups is 1. The summed E-state index contributed by atoms with van der Waals surface area (Å²) in [6.45, 7) is 9.95. The summed E-state index contributed by atoms with van der Waals surface area (Å²) in [5, 5.41) is 3.43. The highest BCUT2D eigenvalue weighted by Crippen LogP contribution is 2.26. The molecule has 0 spiro atoms. The van der Waals surface area contributed by atoms with Gasteiger partial charge in [-0.2, -0.15) is 0 Å². The molecule has 2 heterocycles. The van der Waals surface area contributed by atoms with Gasteiger partial charge in [0.15, 0.2) is 0 Å². The van der Waals surface area contributed by atoms with Gasteiger partial charge in [0.2, 0.25) is 0 Å². The van der Waals surface area contributed by atoms with E-state index in [9.17, 15) is 4.79 Å². The summed E-state index contributed by atoms with van der Waals surface area (Å²) < 4.78 is 5.51. The highest BCUT2D eigenvalue weighted by Gasteiger charge is 2.27. The number of hydrogen-bond donors (Lipinski definition) is 1. The molecule has 22 heavy (non-hydrogen) atoms. The van der Waals surface area contributed by atoms with Crippen LogP contribution in [0.3, 0.4) is 0 Å². The maximum Gasteiger partial charge on any atom is 0.410 e. The first-order chi connectivity index (χ1) is 10.4. The highest BCUT2D eigenvalue weighted by atomic mass is 16.6. The number of piperidine rings is 2. The molecule has 1 atom stereocenters. The van der Waals surface area contributed by atoms with Gasteiger partial charge in [0.25, 0.3) is 0 Å². The van der Waals surface area contributed by atoms with E-state index in [1.54, 1.807) is 0 Å². The normalized spacial score (nSPS) is 24.3. The van der Waals surface area contributed by atoms with Crippen LogP contribution in [-0.2, 0) is 4.74 Å². The average Bonchev–Trinajstić information content (AvgIpc) is 2.47. The zero-order valence-corrected chi connectivity index (χ0v) is 14.7. The number of likely N-dealkylation sites (tertiary alicyclic amines) is 1. The van der Waals surface area contributed by atoms with Crippen molar-refractivity contribution in [2.45, 2.75) is 71.3 Å². The zero-order chi connectivity index (χ0) is 16.0. The zero-order valence-electron chi connectivity index (χ0n) is 14.7. The molecule has 0 aromatic rings. The molecule has 1 unspecified atom stereocenters. The lowest BCUT2D eigenvalue weighted by Crippen LogP contribution is -2.42. The van der Waals surface area contributed by atoms with E-state index in [0.717, 1.165) is 25.4 Å². The Morgan fingerprint density at radius 2 is 1.82 bits per heavy atom. The first kappa shape index (κ1) is 17.6. The molecule has 4 heteroatoms. The molecule has 1 N–H and O–H groups in total. The Morgan fingerprint density at radius 1 is 1.14 bits per heavy atom. The fraction of sp³-hybridized carbons (Fsp3) is 0.944. The Bertz CT molecular complexity index is 345. The second kappa shape index (κ2) is 8.19. The van der Waals surface area contributed by atoms with Crippen LogP contribution in [0.2, 0.25) is 0 Å². The molecular formula is C18H34N2O2. The lowest BCUT2D eigenvalue weighted by Gasteiger charge is -2.34. The number of hydrogen-bond acceptors (Lipinski definition) is 3. The molecule has 2 fully saturated rings. The Morgan fingerprint density at radius 3 is 2.50 bits per heavy atom. The summed E-state index contributed by atoms with van der Waals surface area (Å²) in [5.74, 6) is 1.59. The van der Waals surface area contributed by atoms with E-state index in [1.165, 1.54) is 51.6 Å². The van der Waals surface area contributed by atoms with Crippen molar-refractivity contribution in [2.75, 3.05) is 26.2 Å². The second-order valence-electron chi connectivity index (χ2n) is 8.06. The van der Waals surface area contributed by atoms with Crippen molar-refractivity contribution in [1.29, 1.82) is 0 Å². The minimum atomic E-state index is -0.390. The standard InChI is InChI=1S/C18H34N2O2/c1-18(2,3)22-17(21)20-13-5-8-16(14-20)7-4-6-15-9-11-19-12-10-15/h15-16,19H,4-14H2,1-3H3. The molecule has 2 rings (SSSR count). The fourth-order valence-corrected chi connectivity index (χ4v) is 3.66. The SMILES string of the molecule is CC(C)(C)OC(=O)N1CCCC(CCCC2CCNCC2)C1. The van der Waals surface area contributed by atoms with Crippen LogP contribution in [0.25, 0.3) is 0 Å². The lowest BCUT2D eigenvalue weighted by atomic mass is 9.88. The summed E-state index contributed by atoms with van der Waals surface area (Å²) in [7, 11) is 0. The van der Waals surface area contributed by atoms with Crippen LogP contribution >= 0.6 is 0 Å². The minimum absolute atomic E-state index is 0.129. The first-order valence-electron chi connectivity index (χ1n) is 9.13. The molecule has 0 aliphatic carbocycles. The van der Waals surface area contributed by atoms with Gasteiger partial charge in [-0.25, -0.2) is 4.79 Å². The number of carbonyl (C=O) groups excluding carboxylic acids is 1. The van der Waals surface area contributed by atoms with Gasteiger partial charge in [-0.15, -0.1) is 0 Å². The Kier molecular flexibility index (Phi) is 6.54. The second-order valence-corrected chi connectivity index (χ2v) is 8.06. The maximum atomic E-state index is 12.2. The van der Waals surface area contributed by atoms with Crippen LogP contribution < -0.4 is 5.32 Å². The van der Waals surface area contributed by atoms with E-state index in [2.05, 4.69) is 5.32 Å². The highest BCUT2D eigenvalue weighted by molar-refractivity contribution is 5.68. The van der Waals surface area contributed by atoms with Crippen LogP contribution in [0.5, 0.6) is 0 Å². The third-order valence-corrected chi connectivity index (χ3v) is 4.85. The van der Waals surface area contributed by atoms with E-state index in [-0.39, 0.29) is 11.7 Å². The topological polar surface area (TPSA) is 41.6 Å².